The summed E-state index contributed by atoms with van der Waals surface area (Å²) in [5.41, 5.74) is 13.3. The summed E-state index contributed by atoms with van der Waals surface area (Å²) in [5, 5.41) is 2.77. The molecule has 2 amide bonds. The number of amides is 2. The molecule has 5 N–H and O–H groups in total. The summed E-state index contributed by atoms with van der Waals surface area (Å²) in [4.78, 5) is 26.0. The lowest BCUT2D eigenvalue weighted by atomic mass is 10.1. The molecule has 0 aliphatic carbocycles. The Kier molecular flexibility index (Phi) is 4.97. The zero-order chi connectivity index (χ0) is 18.7. The van der Waals surface area contributed by atoms with Gasteiger partial charge in [-0.2, -0.15) is 0 Å². The molecule has 0 radical (unpaired) electrons. The highest BCUT2D eigenvalue weighted by molar-refractivity contribution is 6.04. The average Bonchev–Trinajstić information content (AvgIpc) is 2.61. The predicted molar refractivity (Wildman–Crippen MR) is 101 cm³/mol. The molecule has 7 heteroatoms. The zero-order valence-electron chi connectivity index (χ0n) is 14.6. The number of ether oxygens (including phenoxy) is 1. The van der Waals surface area contributed by atoms with Crippen molar-refractivity contribution in [3.8, 4) is 5.75 Å². The van der Waals surface area contributed by atoms with Crippen LogP contribution < -0.4 is 26.4 Å². The van der Waals surface area contributed by atoms with Crippen LogP contribution in [0.1, 0.15) is 23.7 Å². The Bertz CT molecular complexity index is 837. The second-order valence-electron chi connectivity index (χ2n) is 6.21. The molecule has 1 aliphatic rings. The van der Waals surface area contributed by atoms with Gasteiger partial charge in [0.15, 0.2) is 0 Å². The van der Waals surface area contributed by atoms with Gasteiger partial charge in [0.05, 0.1) is 30.0 Å². The molecule has 0 aromatic heterocycles. The molecule has 1 aliphatic heterocycles. The lowest BCUT2D eigenvalue weighted by Crippen LogP contribution is -2.43. The van der Waals surface area contributed by atoms with Gasteiger partial charge in [-0.1, -0.05) is 19.1 Å². The molecule has 0 saturated carbocycles. The Morgan fingerprint density at radius 1 is 1.27 bits per heavy atom. The lowest BCUT2D eigenvalue weighted by molar-refractivity contribution is -0.115. The standard InChI is InChI=1S/C19H22N4O3/c1-2-13-10-23(16-8-7-12(20)9-17(16)26-13)11-18(24)22-15-6-4-3-5-14(15)19(21)25/h3-9,13H,2,10-11,20H2,1H3,(H2,21,25)(H,22,24). The number of nitrogens with two attached hydrogens (primary N) is 2. The van der Waals surface area contributed by atoms with Crippen LogP contribution in [0, 0.1) is 0 Å². The Balaban J connectivity index is 1.78. The van der Waals surface area contributed by atoms with Crippen LogP contribution >= 0.6 is 0 Å². The Hall–Kier alpha value is -3.22. The molecule has 1 atom stereocenters. The van der Waals surface area contributed by atoms with Crippen LogP contribution in [0.4, 0.5) is 17.1 Å². The number of nitrogen functional groups attached to an aromatic ring is 1. The summed E-state index contributed by atoms with van der Waals surface area (Å²) in [6.45, 7) is 2.76. The highest BCUT2D eigenvalue weighted by Crippen LogP contribution is 2.35. The Morgan fingerprint density at radius 3 is 2.77 bits per heavy atom. The molecule has 26 heavy (non-hydrogen) atoms. The van der Waals surface area contributed by atoms with Crippen LogP contribution in [0.3, 0.4) is 0 Å². The molecule has 2 aromatic carbocycles. The zero-order valence-corrected chi connectivity index (χ0v) is 14.6. The number of para-hydroxylation sites is 1. The Morgan fingerprint density at radius 2 is 2.04 bits per heavy atom. The summed E-state index contributed by atoms with van der Waals surface area (Å²) in [6, 6.07) is 12.1. The van der Waals surface area contributed by atoms with Crippen molar-refractivity contribution in [1.29, 1.82) is 0 Å². The van der Waals surface area contributed by atoms with Crippen molar-refractivity contribution in [1.82, 2.24) is 0 Å². The van der Waals surface area contributed by atoms with Crippen LogP contribution in [-0.4, -0.2) is 31.0 Å². The van der Waals surface area contributed by atoms with Crippen LogP contribution in [0.2, 0.25) is 0 Å². The fourth-order valence-electron chi connectivity index (χ4n) is 2.98. The summed E-state index contributed by atoms with van der Waals surface area (Å²) >= 11 is 0. The van der Waals surface area contributed by atoms with E-state index in [-0.39, 0.29) is 24.1 Å². The van der Waals surface area contributed by atoms with Crippen LogP contribution in [-0.2, 0) is 4.79 Å². The number of benzene rings is 2. The van der Waals surface area contributed by atoms with E-state index in [1.807, 2.05) is 17.9 Å². The van der Waals surface area contributed by atoms with E-state index in [2.05, 4.69) is 5.32 Å². The first-order valence-electron chi connectivity index (χ1n) is 8.47. The van der Waals surface area contributed by atoms with Crippen LogP contribution in [0.5, 0.6) is 5.75 Å². The fourth-order valence-corrected chi connectivity index (χ4v) is 2.98. The van der Waals surface area contributed by atoms with Crippen molar-refractivity contribution >= 4 is 28.9 Å². The number of hydrogen-bond acceptors (Lipinski definition) is 5. The number of carbonyl (C=O) groups excluding carboxylic acids is 2. The van der Waals surface area contributed by atoms with Crippen molar-refractivity contribution in [2.24, 2.45) is 5.73 Å². The molecule has 0 saturated heterocycles. The molecule has 1 unspecified atom stereocenters. The van der Waals surface area contributed by atoms with Crippen molar-refractivity contribution in [2.75, 3.05) is 29.0 Å². The molecular weight excluding hydrogens is 332 g/mol. The van der Waals surface area contributed by atoms with Gasteiger partial charge in [0.25, 0.3) is 5.91 Å². The minimum absolute atomic E-state index is 0.0185. The van der Waals surface area contributed by atoms with Crippen LogP contribution in [0.25, 0.3) is 0 Å². The monoisotopic (exact) mass is 354 g/mol. The maximum Gasteiger partial charge on any atom is 0.250 e. The van der Waals surface area contributed by atoms with Gasteiger partial charge in [-0.15, -0.1) is 0 Å². The minimum atomic E-state index is -0.584. The highest BCUT2D eigenvalue weighted by Gasteiger charge is 2.26. The first-order valence-corrected chi connectivity index (χ1v) is 8.47. The number of anilines is 3. The van der Waals surface area contributed by atoms with E-state index in [0.717, 1.165) is 12.1 Å². The number of rotatable bonds is 5. The summed E-state index contributed by atoms with van der Waals surface area (Å²) in [6.07, 6.45) is 0.798. The minimum Gasteiger partial charge on any atom is -0.486 e. The SMILES string of the molecule is CCC1CN(CC(=O)Nc2ccccc2C(N)=O)c2ccc(N)cc2O1. The second kappa shape index (κ2) is 7.35. The van der Waals surface area contributed by atoms with Gasteiger partial charge in [-0.3, -0.25) is 9.59 Å². The van der Waals surface area contributed by atoms with Gasteiger partial charge >= 0.3 is 0 Å². The number of primary amides is 1. The molecule has 0 fully saturated rings. The van der Waals surface area contributed by atoms with Crippen molar-refractivity contribution in [2.45, 2.75) is 19.4 Å². The quantitative estimate of drug-likeness (QED) is 0.711. The van der Waals surface area contributed by atoms with E-state index >= 15 is 0 Å². The number of fused-ring (bicyclic) bond motifs is 1. The van der Waals surface area contributed by atoms with E-state index in [9.17, 15) is 9.59 Å². The third kappa shape index (κ3) is 3.72. The first kappa shape index (κ1) is 17.6. The van der Waals surface area contributed by atoms with E-state index in [0.29, 0.717) is 23.7 Å². The van der Waals surface area contributed by atoms with E-state index in [1.54, 1.807) is 36.4 Å². The number of nitrogens with one attached hydrogen (secondary N) is 1. The highest BCUT2D eigenvalue weighted by atomic mass is 16.5. The molecule has 7 nitrogen and oxygen atoms in total. The predicted octanol–water partition coefficient (Wildman–Crippen LogP) is 1.98. The number of nitrogens with zero attached hydrogens (tertiary/aromatic N) is 1. The average molecular weight is 354 g/mol. The molecule has 3 rings (SSSR count). The van der Waals surface area contributed by atoms with Gasteiger partial charge in [-0.05, 0) is 30.7 Å². The molecule has 0 spiro atoms. The van der Waals surface area contributed by atoms with Crippen molar-refractivity contribution < 1.29 is 14.3 Å². The van der Waals surface area contributed by atoms with Crippen LogP contribution in [0.15, 0.2) is 42.5 Å². The van der Waals surface area contributed by atoms with E-state index < -0.39 is 5.91 Å². The maximum atomic E-state index is 12.6. The third-order valence-corrected chi connectivity index (χ3v) is 4.30. The maximum absolute atomic E-state index is 12.6. The van der Waals surface area contributed by atoms with Gasteiger partial charge in [0.1, 0.15) is 11.9 Å². The van der Waals surface area contributed by atoms with E-state index in [4.69, 9.17) is 16.2 Å². The first-order chi connectivity index (χ1) is 12.5. The van der Waals surface area contributed by atoms with Gasteiger partial charge < -0.3 is 26.4 Å². The van der Waals surface area contributed by atoms with Gasteiger partial charge in [0.2, 0.25) is 5.91 Å². The normalized spacial score (nSPS) is 15.7. The summed E-state index contributed by atoms with van der Waals surface area (Å²) in [5.74, 6) is -0.147. The molecular formula is C19H22N4O3. The molecule has 1 heterocycles. The van der Waals surface area contributed by atoms with Crippen molar-refractivity contribution in [3.63, 3.8) is 0 Å². The van der Waals surface area contributed by atoms with Gasteiger partial charge in [0, 0.05) is 11.8 Å². The molecule has 136 valence electrons. The van der Waals surface area contributed by atoms with Crippen molar-refractivity contribution in [3.05, 3.63) is 48.0 Å². The smallest absolute Gasteiger partial charge is 0.250 e. The van der Waals surface area contributed by atoms with E-state index in [1.165, 1.54) is 0 Å². The lowest BCUT2D eigenvalue weighted by Gasteiger charge is -2.35. The molecule has 2 aromatic rings. The largest absolute Gasteiger partial charge is 0.486 e. The third-order valence-electron chi connectivity index (χ3n) is 4.30. The molecule has 0 bridgehead atoms. The fraction of sp³-hybridized carbons (Fsp3) is 0.263. The second-order valence-corrected chi connectivity index (χ2v) is 6.21. The topological polar surface area (TPSA) is 111 Å². The summed E-state index contributed by atoms with van der Waals surface area (Å²) < 4.78 is 5.93. The van der Waals surface area contributed by atoms with Gasteiger partial charge in [-0.25, -0.2) is 0 Å². The Labute approximate surface area is 151 Å². The number of carbonyl (C=O) groups is 2. The summed E-state index contributed by atoms with van der Waals surface area (Å²) in [7, 11) is 0. The number of hydrogen-bond donors (Lipinski definition) is 3.